The Morgan fingerprint density at radius 3 is 2.59 bits per heavy atom. The summed E-state index contributed by atoms with van der Waals surface area (Å²) in [5, 5.41) is 9.40. The fourth-order valence-corrected chi connectivity index (χ4v) is 2.59. The molecule has 17 heavy (non-hydrogen) atoms. The van der Waals surface area contributed by atoms with Crippen molar-refractivity contribution >= 4 is 33.5 Å². The highest BCUT2D eigenvalue weighted by Crippen LogP contribution is 2.38. The van der Waals surface area contributed by atoms with Crippen molar-refractivity contribution in [3.63, 3.8) is 0 Å². The largest absolute Gasteiger partial charge is 0.496 e. The number of ether oxygens (including phenoxy) is 1. The van der Waals surface area contributed by atoms with Crippen LogP contribution in [0.2, 0.25) is 5.02 Å². The van der Waals surface area contributed by atoms with Crippen LogP contribution in [0.4, 0.5) is 0 Å². The van der Waals surface area contributed by atoms with Crippen molar-refractivity contribution in [3.05, 3.63) is 27.2 Å². The molecule has 0 amide bonds. The molecule has 0 saturated heterocycles. The van der Waals surface area contributed by atoms with Crippen LogP contribution in [0.3, 0.4) is 0 Å². The second-order valence-electron chi connectivity index (χ2n) is 4.42. The molecule has 1 N–H and O–H groups in total. The third-order valence-corrected chi connectivity index (χ3v) is 3.50. The second kappa shape index (κ2) is 5.27. The molecule has 0 saturated carbocycles. The monoisotopic (exact) mass is 320 g/mol. The van der Waals surface area contributed by atoms with Gasteiger partial charge in [0.1, 0.15) is 5.75 Å². The van der Waals surface area contributed by atoms with Gasteiger partial charge in [0.15, 0.2) is 0 Å². The van der Waals surface area contributed by atoms with Crippen molar-refractivity contribution in [2.24, 2.45) is 0 Å². The molecule has 0 atom stereocenters. The van der Waals surface area contributed by atoms with Crippen molar-refractivity contribution < 1.29 is 14.6 Å². The van der Waals surface area contributed by atoms with Crippen molar-refractivity contribution in [2.75, 3.05) is 7.11 Å². The SMILES string of the molecule is COc1cc(Cl)c(C(C)(C)CC(=O)O)cc1Br. The summed E-state index contributed by atoms with van der Waals surface area (Å²) in [5.74, 6) is -0.220. The second-order valence-corrected chi connectivity index (χ2v) is 5.68. The molecule has 0 unspecified atom stereocenters. The molecular formula is C12H14BrClO3. The maximum Gasteiger partial charge on any atom is 0.304 e. The van der Waals surface area contributed by atoms with Crippen molar-refractivity contribution in [1.29, 1.82) is 0 Å². The first kappa shape index (κ1) is 14.3. The van der Waals surface area contributed by atoms with Gasteiger partial charge < -0.3 is 9.84 Å². The molecule has 0 heterocycles. The van der Waals surface area contributed by atoms with Gasteiger partial charge in [-0.2, -0.15) is 0 Å². The standard InChI is InChI=1S/C12H14BrClO3/c1-12(2,6-11(15)16)7-4-8(13)10(17-3)5-9(7)14/h4-5H,6H2,1-3H3,(H,15,16). The first-order valence-corrected chi connectivity index (χ1v) is 6.20. The zero-order valence-corrected chi connectivity index (χ0v) is 12.2. The molecule has 0 aliphatic heterocycles. The molecule has 1 rings (SSSR count). The van der Waals surface area contributed by atoms with E-state index >= 15 is 0 Å². The quantitative estimate of drug-likeness (QED) is 0.916. The van der Waals surface area contributed by atoms with Gasteiger partial charge in [0, 0.05) is 16.5 Å². The van der Waals surface area contributed by atoms with Gasteiger partial charge in [0.05, 0.1) is 18.0 Å². The van der Waals surface area contributed by atoms with E-state index in [0.29, 0.717) is 10.8 Å². The average Bonchev–Trinajstić information content (AvgIpc) is 2.18. The summed E-state index contributed by atoms with van der Waals surface area (Å²) in [6.07, 6.45) is 0.0193. The van der Waals surface area contributed by atoms with Crippen LogP contribution in [0, 0.1) is 0 Å². The molecule has 0 aromatic heterocycles. The Morgan fingerprint density at radius 1 is 1.53 bits per heavy atom. The predicted octanol–water partition coefficient (Wildman–Crippen LogP) is 3.86. The summed E-state index contributed by atoms with van der Waals surface area (Å²) < 4.78 is 5.89. The molecule has 1 aromatic carbocycles. The number of carbonyl (C=O) groups is 1. The van der Waals surface area contributed by atoms with Crippen LogP contribution in [-0.4, -0.2) is 18.2 Å². The lowest BCUT2D eigenvalue weighted by Crippen LogP contribution is -2.22. The lowest BCUT2D eigenvalue weighted by atomic mass is 9.81. The summed E-state index contributed by atoms with van der Waals surface area (Å²) in [6.45, 7) is 3.70. The van der Waals surface area contributed by atoms with Gasteiger partial charge in [0.2, 0.25) is 0 Å². The Kier molecular flexibility index (Phi) is 4.44. The number of carboxylic acids is 1. The molecule has 0 fully saturated rings. The van der Waals surface area contributed by atoms with Crippen molar-refractivity contribution in [3.8, 4) is 5.75 Å². The van der Waals surface area contributed by atoms with Gasteiger partial charge in [0.25, 0.3) is 0 Å². The van der Waals surface area contributed by atoms with Gasteiger partial charge in [-0.1, -0.05) is 25.4 Å². The van der Waals surface area contributed by atoms with Crippen molar-refractivity contribution in [2.45, 2.75) is 25.7 Å². The van der Waals surface area contributed by atoms with Gasteiger partial charge in [-0.25, -0.2) is 0 Å². The molecule has 0 aliphatic rings. The highest BCUT2D eigenvalue weighted by atomic mass is 79.9. The Morgan fingerprint density at radius 2 is 2.12 bits per heavy atom. The van der Waals surface area contributed by atoms with Crippen LogP contribution in [0.1, 0.15) is 25.8 Å². The van der Waals surface area contributed by atoms with E-state index in [0.717, 1.165) is 10.0 Å². The lowest BCUT2D eigenvalue weighted by molar-refractivity contribution is -0.138. The Hall–Kier alpha value is -0.740. The van der Waals surface area contributed by atoms with E-state index in [-0.39, 0.29) is 6.42 Å². The number of hydrogen-bond acceptors (Lipinski definition) is 2. The molecule has 0 bridgehead atoms. The first-order valence-electron chi connectivity index (χ1n) is 5.03. The van der Waals surface area contributed by atoms with E-state index in [4.69, 9.17) is 21.4 Å². The minimum absolute atomic E-state index is 0.0193. The number of aliphatic carboxylic acids is 1. The lowest BCUT2D eigenvalue weighted by Gasteiger charge is -2.25. The highest BCUT2D eigenvalue weighted by Gasteiger charge is 2.27. The maximum absolute atomic E-state index is 10.8. The van der Waals surface area contributed by atoms with Crippen LogP contribution in [0.25, 0.3) is 0 Å². The van der Waals surface area contributed by atoms with Crippen molar-refractivity contribution in [1.82, 2.24) is 0 Å². The minimum atomic E-state index is -0.849. The van der Waals surface area contributed by atoms with Gasteiger partial charge >= 0.3 is 5.97 Å². The Labute approximate surface area is 114 Å². The molecular weight excluding hydrogens is 307 g/mol. The number of carboxylic acid groups (broad SMARTS) is 1. The predicted molar refractivity (Wildman–Crippen MR) is 71.0 cm³/mol. The van der Waals surface area contributed by atoms with E-state index in [1.165, 1.54) is 0 Å². The first-order chi connectivity index (χ1) is 7.77. The van der Waals surface area contributed by atoms with Crippen LogP contribution in [0.5, 0.6) is 5.75 Å². The Bertz CT molecular complexity index is 444. The van der Waals surface area contributed by atoms with E-state index in [2.05, 4.69) is 15.9 Å². The summed E-state index contributed by atoms with van der Waals surface area (Å²) >= 11 is 9.52. The summed E-state index contributed by atoms with van der Waals surface area (Å²) in [4.78, 5) is 10.8. The molecule has 94 valence electrons. The number of hydrogen-bond donors (Lipinski definition) is 1. The smallest absolute Gasteiger partial charge is 0.304 e. The average molecular weight is 322 g/mol. The fraction of sp³-hybridized carbons (Fsp3) is 0.417. The summed E-state index contributed by atoms with van der Waals surface area (Å²) in [5.41, 5.74) is 0.256. The van der Waals surface area contributed by atoms with Gasteiger partial charge in [-0.15, -0.1) is 0 Å². The molecule has 0 radical (unpaired) electrons. The Balaban J connectivity index is 3.22. The molecule has 1 aromatic rings. The van der Waals surface area contributed by atoms with Gasteiger partial charge in [-0.05, 0) is 27.6 Å². The van der Waals surface area contributed by atoms with E-state index in [1.54, 1.807) is 13.2 Å². The third-order valence-electron chi connectivity index (χ3n) is 2.56. The molecule has 0 aliphatic carbocycles. The molecule has 3 nitrogen and oxygen atoms in total. The normalized spacial score (nSPS) is 11.4. The van der Waals surface area contributed by atoms with Gasteiger partial charge in [-0.3, -0.25) is 4.79 Å². The number of halogens is 2. The topological polar surface area (TPSA) is 46.5 Å². The van der Waals surface area contributed by atoms with Crippen LogP contribution >= 0.6 is 27.5 Å². The summed E-state index contributed by atoms with van der Waals surface area (Å²) in [7, 11) is 1.55. The zero-order valence-electron chi connectivity index (χ0n) is 9.88. The zero-order chi connectivity index (χ0) is 13.2. The number of methoxy groups -OCH3 is 1. The number of benzene rings is 1. The highest BCUT2D eigenvalue weighted by molar-refractivity contribution is 9.10. The van der Waals surface area contributed by atoms with Crippen LogP contribution in [-0.2, 0) is 10.2 Å². The summed E-state index contributed by atoms with van der Waals surface area (Å²) in [6, 6.07) is 3.49. The minimum Gasteiger partial charge on any atom is -0.496 e. The molecule has 0 spiro atoms. The van der Waals surface area contributed by atoms with E-state index in [1.807, 2.05) is 19.9 Å². The van der Waals surface area contributed by atoms with E-state index < -0.39 is 11.4 Å². The van der Waals surface area contributed by atoms with Crippen LogP contribution < -0.4 is 4.74 Å². The van der Waals surface area contributed by atoms with E-state index in [9.17, 15) is 4.79 Å². The van der Waals surface area contributed by atoms with Crippen LogP contribution in [0.15, 0.2) is 16.6 Å². The number of rotatable bonds is 4. The molecule has 5 heteroatoms. The third kappa shape index (κ3) is 3.36. The fourth-order valence-electron chi connectivity index (χ4n) is 1.68. The maximum atomic E-state index is 10.8.